The molecule has 1 aromatic carbocycles. The first-order chi connectivity index (χ1) is 7.58. The quantitative estimate of drug-likeness (QED) is 0.594. The van der Waals surface area contributed by atoms with Gasteiger partial charge in [-0.1, -0.05) is 23.7 Å². The second kappa shape index (κ2) is 3.98. The van der Waals surface area contributed by atoms with E-state index in [1.807, 2.05) is 12.1 Å². The highest BCUT2D eigenvalue weighted by Crippen LogP contribution is 2.26. The Hall–Kier alpha value is -1.81. The normalized spacial score (nSPS) is 10.4. The van der Waals surface area contributed by atoms with E-state index >= 15 is 0 Å². The number of benzene rings is 1. The van der Waals surface area contributed by atoms with Crippen molar-refractivity contribution >= 4 is 17.3 Å². The molecule has 0 radical (unpaired) electrons. The van der Waals surface area contributed by atoms with E-state index in [0.29, 0.717) is 5.02 Å². The van der Waals surface area contributed by atoms with Crippen molar-refractivity contribution in [2.75, 3.05) is 0 Å². The second-order valence-corrected chi connectivity index (χ2v) is 3.89. The van der Waals surface area contributed by atoms with E-state index in [-0.39, 0.29) is 5.69 Å². The minimum absolute atomic E-state index is 0.0902. The summed E-state index contributed by atoms with van der Waals surface area (Å²) in [6.07, 6.45) is 1.49. The van der Waals surface area contributed by atoms with Crippen LogP contribution < -0.4 is 0 Å². The number of aryl methyl sites for hydroxylation is 1. The molecule has 0 atom stereocenters. The summed E-state index contributed by atoms with van der Waals surface area (Å²) in [7, 11) is 1.77. The SMILES string of the molecule is Cn1cc([N+](=O)[O-])cc1-c1ccc(Cl)cc1. The largest absolute Gasteiger partial charge is 0.344 e. The Morgan fingerprint density at radius 1 is 1.31 bits per heavy atom. The first kappa shape index (κ1) is 10.7. The summed E-state index contributed by atoms with van der Waals surface area (Å²) in [5.41, 5.74) is 1.79. The average Bonchev–Trinajstić information content (AvgIpc) is 2.62. The monoisotopic (exact) mass is 236 g/mol. The molecule has 0 bridgehead atoms. The fraction of sp³-hybridized carbons (Fsp3) is 0.0909. The van der Waals surface area contributed by atoms with Gasteiger partial charge in [0.15, 0.2) is 0 Å². The van der Waals surface area contributed by atoms with E-state index in [1.54, 1.807) is 29.8 Å². The van der Waals surface area contributed by atoms with Crippen molar-refractivity contribution in [1.82, 2.24) is 4.57 Å². The van der Waals surface area contributed by atoms with Crippen LogP contribution in [0.15, 0.2) is 36.5 Å². The lowest BCUT2D eigenvalue weighted by atomic mass is 10.1. The number of nitrogens with zero attached hydrogens (tertiary/aromatic N) is 2. The van der Waals surface area contributed by atoms with Crippen LogP contribution in [0, 0.1) is 10.1 Å². The van der Waals surface area contributed by atoms with E-state index in [1.165, 1.54) is 6.20 Å². The maximum absolute atomic E-state index is 10.6. The second-order valence-electron chi connectivity index (χ2n) is 3.46. The zero-order valence-electron chi connectivity index (χ0n) is 8.55. The average molecular weight is 237 g/mol. The van der Waals surface area contributed by atoms with Crippen LogP contribution in [0.25, 0.3) is 11.3 Å². The van der Waals surface area contributed by atoms with Crippen LogP contribution in [-0.2, 0) is 7.05 Å². The molecule has 0 unspecified atom stereocenters. The van der Waals surface area contributed by atoms with Crippen LogP contribution in [-0.4, -0.2) is 9.49 Å². The Kier molecular flexibility index (Phi) is 2.66. The summed E-state index contributed by atoms with van der Waals surface area (Å²) in [5, 5.41) is 11.3. The number of aromatic nitrogens is 1. The van der Waals surface area contributed by atoms with Crippen molar-refractivity contribution in [2.45, 2.75) is 0 Å². The van der Waals surface area contributed by atoms with Crippen molar-refractivity contribution < 1.29 is 4.92 Å². The third kappa shape index (κ3) is 1.92. The summed E-state index contributed by atoms with van der Waals surface area (Å²) in [5.74, 6) is 0. The van der Waals surface area contributed by atoms with Crippen LogP contribution >= 0.6 is 11.6 Å². The van der Waals surface area contributed by atoms with Crippen LogP contribution in [0.1, 0.15) is 0 Å². The lowest BCUT2D eigenvalue weighted by molar-refractivity contribution is -0.384. The topological polar surface area (TPSA) is 48.1 Å². The number of hydrogen-bond donors (Lipinski definition) is 0. The Morgan fingerprint density at radius 2 is 1.94 bits per heavy atom. The van der Waals surface area contributed by atoms with E-state index in [2.05, 4.69) is 0 Å². The van der Waals surface area contributed by atoms with Gasteiger partial charge >= 0.3 is 0 Å². The van der Waals surface area contributed by atoms with Gasteiger partial charge in [-0.15, -0.1) is 0 Å². The van der Waals surface area contributed by atoms with Crippen molar-refractivity contribution in [3.05, 3.63) is 51.7 Å². The molecular formula is C11H9ClN2O2. The lowest BCUT2D eigenvalue weighted by Gasteiger charge is -2.01. The minimum atomic E-state index is -0.403. The molecule has 5 heteroatoms. The van der Waals surface area contributed by atoms with Gasteiger partial charge in [0, 0.05) is 18.1 Å². The number of nitro groups is 1. The molecule has 82 valence electrons. The van der Waals surface area contributed by atoms with E-state index in [4.69, 9.17) is 11.6 Å². The molecule has 0 N–H and O–H groups in total. The van der Waals surface area contributed by atoms with Crippen LogP contribution in [0.3, 0.4) is 0 Å². The van der Waals surface area contributed by atoms with Crippen LogP contribution in [0.4, 0.5) is 5.69 Å². The Balaban J connectivity index is 2.47. The van der Waals surface area contributed by atoms with Gasteiger partial charge in [0.1, 0.15) is 0 Å². The Morgan fingerprint density at radius 3 is 2.44 bits per heavy atom. The predicted molar refractivity (Wildman–Crippen MR) is 62.5 cm³/mol. The molecule has 0 aliphatic carbocycles. The highest BCUT2D eigenvalue weighted by molar-refractivity contribution is 6.30. The molecule has 1 heterocycles. The highest BCUT2D eigenvalue weighted by atomic mass is 35.5. The molecule has 2 aromatic rings. The summed E-state index contributed by atoms with van der Waals surface area (Å²) >= 11 is 5.78. The third-order valence-electron chi connectivity index (χ3n) is 2.34. The molecule has 4 nitrogen and oxygen atoms in total. The fourth-order valence-corrected chi connectivity index (χ4v) is 1.68. The molecule has 0 aliphatic heterocycles. The number of halogens is 1. The third-order valence-corrected chi connectivity index (χ3v) is 2.59. The molecule has 16 heavy (non-hydrogen) atoms. The van der Waals surface area contributed by atoms with Crippen molar-refractivity contribution in [2.24, 2.45) is 7.05 Å². The molecular weight excluding hydrogens is 228 g/mol. The molecule has 0 aliphatic rings. The van der Waals surface area contributed by atoms with Gasteiger partial charge in [0.05, 0.1) is 16.8 Å². The van der Waals surface area contributed by atoms with Gasteiger partial charge in [-0.2, -0.15) is 0 Å². The molecule has 1 aromatic heterocycles. The van der Waals surface area contributed by atoms with E-state index in [9.17, 15) is 10.1 Å². The summed E-state index contributed by atoms with van der Waals surface area (Å²) in [6, 6.07) is 8.73. The highest BCUT2D eigenvalue weighted by Gasteiger charge is 2.12. The zero-order chi connectivity index (χ0) is 11.7. The summed E-state index contributed by atoms with van der Waals surface area (Å²) in [4.78, 5) is 10.2. The zero-order valence-corrected chi connectivity index (χ0v) is 9.31. The van der Waals surface area contributed by atoms with Gasteiger partial charge in [0.2, 0.25) is 0 Å². The van der Waals surface area contributed by atoms with Crippen molar-refractivity contribution in [3.63, 3.8) is 0 Å². The minimum Gasteiger partial charge on any atom is -0.344 e. The van der Waals surface area contributed by atoms with Gasteiger partial charge in [0.25, 0.3) is 5.69 Å². The molecule has 0 saturated carbocycles. The summed E-state index contributed by atoms with van der Waals surface area (Å²) < 4.78 is 1.72. The molecule has 0 amide bonds. The lowest BCUT2D eigenvalue weighted by Crippen LogP contribution is -1.88. The molecule has 0 saturated heterocycles. The van der Waals surface area contributed by atoms with Gasteiger partial charge in [-0.25, -0.2) is 0 Å². The standard InChI is InChI=1S/C11H9ClN2O2/c1-13-7-10(14(15)16)6-11(13)8-2-4-9(12)5-3-8/h2-7H,1H3. The smallest absolute Gasteiger partial charge is 0.287 e. The summed E-state index contributed by atoms with van der Waals surface area (Å²) in [6.45, 7) is 0. The van der Waals surface area contributed by atoms with E-state index in [0.717, 1.165) is 11.3 Å². The molecule has 0 fully saturated rings. The maximum Gasteiger partial charge on any atom is 0.287 e. The van der Waals surface area contributed by atoms with Crippen molar-refractivity contribution in [3.8, 4) is 11.3 Å². The number of rotatable bonds is 2. The first-order valence-corrected chi connectivity index (χ1v) is 5.02. The van der Waals surface area contributed by atoms with Crippen molar-refractivity contribution in [1.29, 1.82) is 0 Å². The predicted octanol–water partition coefficient (Wildman–Crippen LogP) is 3.25. The molecule has 2 rings (SSSR count). The number of hydrogen-bond acceptors (Lipinski definition) is 2. The van der Waals surface area contributed by atoms with Crippen LogP contribution in [0.2, 0.25) is 5.02 Å². The Bertz CT molecular complexity index is 531. The maximum atomic E-state index is 10.6. The fourth-order valence-electron chi connectivity index (χ4n) is 1.55. The first-order valence-electron chi connectivity index (χ1n) is 4.64. The van der Waals surface area contributed by atoms with Crippen LogP contribution in [0.5, 0.6) is 0 Å². The van der Waals surface area contributed by atoms with Gasteiger partial charge in [-0.3, -0.25) is 10.1 Å². The van der Waals surface area contributed by atoms with E-state index < -0.39 is 4.92 Å². The van der Waals surface area contributed by atoms with Gasteiger partial charge < -0.3 is 4.57 Å². The van der Waals surface area contributed by atoms with Gasteiger partial charge in [-0.05, 0) is 17.7 Å². The Labute approximate surface area is 97.2 Å². The molecule has 0 spiro atoms.